The number of ether oxygens (including phenoxy) is 2. The van der Waals surface area contributed by atoms with Crippen molar-refractivity contribution in [3.63, 3.8) is 0 Å². The van der Waals surface area contributed by atoms with E-state index in [0.717, 1.165) is 10.5 Å². The SMILES string of the molecule is COCCn1c(-c2ccc(C3CCCCC3)cc2)csc1=Nc1ccc(S(=O)(=O)N2CCOCC2)cc1. The van der Waals surface area contributed by atoms with Crippen LogP contribution in [0.25, 0.3) is 11.3 Å². The Labute approximate surface area is 223 Å². The molecule has 3 aromatic rings. The molecule has 0 amide bonds. The van der Waals surface area contributed by atoms with Gasteiger partial charge in [-0.05, 0) is 54.2 Å². The van der Waals surface area contributed by atoms with E-state index in [0.29, 0.717) is 51.1 Å². The van der Waals surface area contributed by atoms with E-state index in [-0.39, 0.29) is 4.90 Å². The minimum Gasteiger partial charge on any atom is -0.383 e. The van der Waals surface area contributed by atoms with Gasteiger partial charge in [0.1, 0.15) is 0 Å². The molecule has 198 valence electrons. The van der Waals surface area contributed by atoms with Crippen molar-refractivity contribution in [3.05, 3.63) is 64.3 Å². The summed E-state index contributed by atoms with van der Waals surface area (Å²) in [5, 5.41) is 2.14. The summed E-state index contributed by atoms with van der Waals surface area (Å²) < 4.78 is 40.2. The maximum atomic E-state index is 12.9. The number of thiazole rings is 1. The third-order valence-electron chi connectivity index (χ3n) is 7.27. The maximum absolute atomic E-state index is 12.9. The van der Waals surface area contributed by atoms with Crippen molar-refractivity contribution < 1.29 is 17.9 Å². The Balaban J connectivity index is 1.40. The summed E-state index contributed by atoms with van der Waals surface area (Å²) in [6.45, 7) is 2.88. The molecule has 0 N–H and O–H groups in total. The van der Waals surface area contributed by atoms with E-state index in [1.54, 1.807) is 42.7 Å². The summed E-state index contributed by atoms with van der Waals surface area (Å²) in [4.78, 5) is 6.00. The van der Waals surface area contributed by atoms with Gasteiger partial charge in [-0.3, -0.25) is 0 Å². The van der Waals surface area contributed by atoms with Crippen LogP contribution in [0.15, 0.2) is 63.8 Å². The molecule has 0 bridgehead atoms. The molecule has 1 saturated heterocycles. The van der Waals surface area contributed by atoms with Crippen LogP contribution in [0.1, 0.15) is 43.6 Å². The summed E-state index contributed by atoms with van der Waals surface area (Å²) in [5.41, 5.74) is 4.44. The van der Waals surface area contributed by atoms with Gasteiger partial charge in [-0.2, -0.15) is 4.31 Å². The molecule has 7 nitrogen and oxygen atoms in total. The largest absolute Gasteiger partial charge is 0.383 e. The fourth-order valence-electron chi connectivity index (χ4n) is 5.15. The molecule has 2 heterocycles. The first-order chi connectivity index (χ1) is 18.1. The monoisotopic (exact) mass is 541 g/mol. The van der Waals surface area contributed by atoms with Crippen LogP contribution in [-0.4, -0.2) is 57.3 Å². The fraction of sp³-hybridized carbons (Fsp3) is 0.464. The first-order valence-corrected chi connectivity index (χ1v) is 15.4. The van der Waals surface area contributed by atoms with Crippen LogP contribution in [0.3, 0.4) is 0 Å². The first kappa shape index (κ1) is 26.3. The molecule has 9 heteroatoms. The maximum Gasteiger partial charge on any atom is 0.243 e. The highest BCUT2D eigenvalue weighted by atomic mass is 32.2. The minimum absolute atomic E-state index is 0.283. The van der Waals surface area contributed by atoms with Crippen LogP contribution < -0.4 is 4.80 Å². The lowest BCUT2D eigenvalue weighted by Crippen LogP contribution is -2.40. The number of benzene rings is 2. The van der Waals surface area contributed by atoms with E-state index < -0.39 is 10.0 Å². The Kier molecular flexibility index (Phi) is 8.56. The zero-order valence-corrected chi connectivity index (χ0v) is 23.0. The molecule has 1 aliphatic heterocycles. The van der Waals surface area contributed by atoms with Crippen molar-refractivity contribution in [2.45, 2.75) is 49.5 Å². The average Bonchev–Trinajstić information content (AvgIpc) is 3.35. The second kappa shape index (κ2) is 12.0. The van der Waals surface area contributed by atoms with Crippen LogP contribution in [0, 0.1) is 0 Å². The average molecular weight is 542 g/mol. The van der Waals surface area contributed by atoms with Crippen molar-refractivity contribution >= 4 is 27.0 Å². The van der Waals surface area contributed by atoms with Gasteiger partial charge in [0.15, 0.2) is 4.80 Å². The second-order valence-corrected chi connectivity index (χ2v) is 12.4. The molecule has 0 atom stereocenters. The number of rotatable bonds is 8. The minimum atomic E-state index is -3.52. The Morgan fingerprint density at radius 1 is 1.00 bits per heavy atom. The highest BCUT2D eigenvalue weighted by Crippen LogP contribution is 2.33. The highest BCUT2D eigenvalue weighted by Gasteiger charge is 2.26. The molecular weight excluding hydrogens is 506 g/mol. The lowest BCUT2D eigenvalue weighted by Gasteiger charge is -2.26. The molecular formula is C28H35N3O4S2. The topological polar surface area (TPSA) is 73.1 Å². The molecule has 1 saturated carbocycles. The number of nitrogens with zero attached hydrogens (tertiary/aromatic N) is 3. The third-order valence-corrected chi connectivity index (χ3v) is 10.0. The number of morpholine rings is 1. The molecule has 0 spiro atoms. The Morgan fingerprint density at radius 2 is 1.70 bits per heavy atom. The highest BCUT2D eigenvalue weighted by molar-refractivity contribution is 7.89. The number of hydrogen-bond donors (Lipinski definition) is 0. The molecule has 5 rings (SSSR count). The van der Waals surface area contributed by atoms with E-state index in [9.17, 15) is 8.42 Å². The zero-order valence-electron chi connectivity index (χ0n) is 21.3. The molecule has 2 aliphatic rings. The Bertz CT molecular complexity index is 1330. The summed E-state index contributed by atoms with van der Waals surface area (Å²) in [7, 11) is -1.82. The van der Waals surface area contributed by atoms with Crippen molar-refractivity contribution in [2.75, 3.05) is 40.0 Å². The molecule has 2 aromatic carbocycles. The van der Waals surface area contributed by atoms with E-state index in [4.69, 9.17) is 14.5 Å². The predicted molar refractivity (Wildman–Crippen MR) is 147 cm³/mol. The van der Waals surface area contributed by atoms with Crippen LogP contribution in [0.2, 0.25) is 0 Å². The molecule has 0 radical (unpaired) electrons. The van der Waals surface area contributed by atoms with Gasteiger partial charge in [0.2, 0.25) is 10.0 Å². The zero-order chi connectivity index (χ0) is 25.7. The number of methoxy groups -OCH3 is 1. The summed E-state index contributed by atoms with van der Waals surface area (Å²) in [5.74, 6) is 0.687. The van der Waals surface area contributed by atoms with Crippen molar-refractivity contribution in [3.8, 4) is 11.3 Å². The van der Waals surface area contributed by atoms with Gasteiger partial charge in [0, 0.05) is 32.1 Å². The lowest BCUT2D eigenvalue weighted by atomic mass is 9.84. The molecule has 1 aliphatic carbocycles. The van der Waals surface area contributed by atoms with Crippen molar-refractivity contribution in [1.82, 2.24) is 8.87 Å². The van der Waals surface area contributed by atoms with Crippen LogP contribution >= 0.6 is 11.3 Å². The lowest BCUT2D eigenvalue weighted by molar-refractivity contribution is 0.0730. The molecule has 1 aromatic heterocycles. The van der Waals surface area contributed by atoms with E-state index >= 15 is 0 Å². The quantitative estimate of drug-likeness (QED) is 0.395. The fourth-order valence-corrected chi connectivity index (χ4v) is 7.51. The number of sulfonamides is 1. The van der Waals surface area contributed by atoms with Gasteiger partial charge in [-0.15, -0.1) is 11.3 Å². The summed E-state index contributed by atoms with van der Waals surface area (Å²) in [6, 6.07) is 15.8. The first-order valence-electron chi connectivity index (χ1n) is 13.1. The van der Waals surface area contributed by atoms with Crippen LogP contribution in [-0.2, 0) is 26.0 Å². The van der Waals surface area contributed by atoms with E-state index in [1.807, 2.05) is 0 Å². The van der Waals surface area contributed by atoms with Gasteiger partial charge in [0.25, 0.3) is 0 Å². The molecule has 2 fully saturated rings. The van der Waals surface area contributed by atoms with Crippen molar-refractivity contribution in [2.24, 2.45) is 4.99 Å². The Hall–Kier alpha value is -2.30. The van der Waals surface area contributed by atoms with E-state index in [1.165, 1.54) is 47.5 Å². The van der Waals surface area contributed by atoms with Gasteiger partial charge in [-0.1, -0.05) is 43.5 Å². The van der Waals surface area contributed by atoms with Crippen LogP contribution in [0.4, 0.5) is 5.69 Å². The smallest absolute Gasteiger partial charge is 0.243 e. The van der Waals surface area contributed by atoms with Gasteiger partial charge < -0.3 is 14.0 Å². The predicted octanol–water partition coefficient (Wildman–Crippen LogP) is 5.16. The van der Waals surface area contributed by atoms with Crippen LogP contribution in [0.5, 0.6) is 0 Å². The van der Waals surface area contributed by atoms with Gasteiger partial charge in [0.05, 0.1) is 36.1 Å². The third kappa shape index (κ3) is 6.07. The second-order valence-electron chi connectivity index (χ2n) is 9.63. The number of aromatic nitrogens is 1. The summed E-state index contributed by atoms with van der Waals surface area (Å²) in [6.07, 6.45) is 6.61. The molecule has 37 heavy (non-hydrogen) atoms. The molecule has 0 unspecified atom stereocenters. The Morgan fingerprint density at radius 3 is 2.38 bits per heavy atom. The standard InChI is InChI=1S/C28H35N3O4S2/c1-34-18-17-31-27(24-9-7-23(8-10-24)22-5-3-2-4-6-22)21-36-28(31)29-25-11-13-26(14-12-25)37(32,33)30-15-19-35-20-16-30/h7-14,21-22H,2-6,15-20H2,1H3. The normalized spacial score (nSPS) is 18.4. The van der Waals surface area contributed by atoms with Gasteiger partial charge in [-0.25, -0.2) is 13.4 Å². The summed E-state index contributed by atoms with van der Waals surface area (Å²) >= 11 is 1.58. The van der Waals surface area contributed by atoms with E-state index in [2.05, 4.69) is 34.2 Å². The van der Waals surface area contributed by atoms with Gasteiger partial charge >= 0.3 is 0 Å². The van der Waals surface area contributed by atoms with Crippen molar-refractivity contribution in [1.29, 1.82) is 0 Å². The number of hydrogen-bond acceptors (Lipinski definition) is 6.